The molecule has 0 amide bonds. The molecule has 2 aromatic rings. The first-order chi connectivity index (χ1) is 10.1. The highest BCUT2D eigenvalue weighted by molar-refractivity contribution is 9.10. The Kier molecular flexibility index (Phi) is 3.97. The third-order valence-corrected chi connectivity index (χ3v) is 5.48. The van der Waals surface area contributed by atoms with Crippen molar-refractivity contribution in [3.8, 4) is 5.75 Å². The Balaban J connectivity index is 1.96. The number of ether oxygens (including phenoxy) is 1. The number of rotatable bonds is 2. The van der Waals surface area contributed by atoms with Crippen LogP contribution in [-0.4, -0.2) is 30.9 Å². The number of pyridine rings is 1. The zero-order chi connectivity index (χ0) is 14.9. The van der Waals surface area contributed by atoms with Crippen LogP contribution >= 0.6 is 15.9 Å². The summed E-state index contributed by atoms with van der Waals surface area (Å²) in [6.07, 6.45) is 2.91. The standard InChI is InChI=1S/C14H13BrN2O3S/c15-12-7-13(9-16-8-12)21(18,19)17-5-6-20-14-4-2-1-3-11(14)10-17/h1-4,7-9H,5-6,10H2. The van der Waals surface area contributed by atoms with Crippen molar-refractivity contribution >= 4 is 26.0 Å². The molecule has 1 aromatic carbocycles. The van der Waals surface area contributed by atoms with Crippen molar-refractivity contribution in [2.24, 2.45) is 0 Å². The number of para-hydroxylation sites is 1. The van der Waals surface area contributed by atoms with E-state index in [4.69, 9.17) is 4.74 Å². The van der Waals surface area contributed by atoms with Crippen molar-refractivity contribution in [2.75, 3.05) is 13.2 Å². The van der Waals surface area contributed by atoms with E-state index in [1.165, 1.54) is 10.5 Å². The van der Waals surface area contributed by atoms with Gasteiger partial charge in [0.25, 0.3) is 0 Å². The highest BCUT2D eigenvalue weighted by Gasteiger charge is 2.27. The Morgan fingerprint density at radius 3 is 2.86 bits per heavy atom. The minimum absolute atomic E-state index is 0.177. The molecule has 0 aliphatic carbocycles. The normalized spacial score (nSPS) is 15.9. The summed E-state index contributed by atoms with van der Waals surface area (Å²) in [5.41, 5.74) is 0.863. The molecular formula is C14H13BrN2O3S. The summed E-state index contributed by atoms with van der Waals surface area (Å²) in [5.74, 6) is 0.738. The average molecular weight is 369 g/mol. The molecule has 0 fully saturated rings. The Morgan fingerprint density at radius 2 is 2.05 bits per heavy atom. The van der Waals surface area contributed by atoms with Gasteiger partial charge in [-0.3, -0.25) is 4.98 Å². The fourth-order valence-electron chi connectivity index (χ4n) is 2.19. The SMILES string of the molecule is O=S(=O)(c1cncc(Br)c1)N1CCOc2ccccc2C1. The lowest BCUT2D eigenvalue weighted by atomic mass is 10.2. The summed E-state index contributed by atoms with van der Waals surface area (Å²) in [5, 5.41) is 0. The van der Waals surface area contributed by atoms with Gasteiger partial charge in [-0.1, -0.05) is 18.2 Å². The number of hydrogen-bond acceptors (Lipinski definition) is 4. The molecular weight excluding hydrogens is 356 g/mol. The van der Waals surface area contributed by atoms with Crippen LogP contribution in [0.4, 0.5) is 0 Å². The van der Waals surface area contributed by atoms with E-state index in [9.17, 15) is 8.42 Å². The third-order valence-electron chi connectivity index (χ3n) is 3.24. The first-order valence-electron chi connectivity index (χ1n) is 6.39. The zero-order valence-corrected chi connectivity index (χ0v) is 13.5. The maximum atomic E-state index is 12.7. The third kappa shape index (κ3) is 2.95. The van der Waals surface area contributed by atoms with Gasteiger partial charge in [-0.05, 0) is 28.1 Å². The lowest BCUT2D eigenvalue weighted by Crippen LogP contribution is -2.32. The van der Waals surface area contributed by atoms with E-state index in [1.54, 1.807) is 12.3 Å². The second kappa shape index (κ2) is 5.75. The van der Waals surface area contributed by atoms with Gasteiger partial charge in [0.05, 0.1) is 0 Å². The molecule has 0 saturated heterocycles. The van der Waals surface area contributed by atoms with Gasteiger partial charge < -0.3 is 4.74 Å². The second-order valence-corrected chi connectivity index (χ2v) is 7.49. The predicted octanol–water partition coefficient (Wildman–Crippen LogP) is 2.43. The van der Waals surface area contributed by atoms with Crippen molar-refractivity contribution < 1.29 is 13.2 Å². The van der Waals surface area contributed by atoms with Crippen LogP contribution in [0, 0.1) is 0 Å². The van der Waals surface area contributed by atoms with Crippen LogP contribution < -0.4 is 4.74 Å². The monoisotopic (exact) mass is 368 g/mol. The molecule has 0 N–H and O–H groups in total. The molecule has 5 nitrogen and oxygen atoms in total. The number of nitrogens with zero attached hydrogens (tertiary/aromatic N) is 2. The Bertz CT molecular complexity index is 764. The van der Waals surface area contributed by atoms with Gasteiger partial charge in [-0.15, -0.1) is 0 Å². The van der Waals surface area contributed by atoms with E-state index >= 15 is 0 Å². The van der Waals surface area contributed by atoms with Crippen molar-refractivity contribution in [1.82, 2.24) is 9.29 Å². The van der Waals surface area contributed by atoms with Crippen LogP contribution in [0.5, 0.6) is 5.75 Å². The van der Waals surface area contributed by atoms with Gasteiger partial charge in [0.15, 0.2) is 0 Å². The van der Waals surface area contributed by atoms with E-state index in [1.807, 2.05) is 24.3 Å². The summed E-state index contributed by atoms with van der Waals surface area (Å²) in [4.78, 5) is 4.11. The molecule has 0 radical (unpaired) electrons. The highest BCUT2D eigenvalue weighted by Crippen LogP contribution is 2.26. The Hall–Kier alpha value is -1.44. The number of sulfonamides is 1. The van der Waals surface area contributed by atoms with Gasteiger partial charge >= 0.3 is 0 Å². The van der Waals surface area contributed by atoms with Crippen molar-refractivity contribution in [1.29, 1.82) is 0 Å². The van der Waals surface area contributed by atoms with Crippen LogP contribution in [0.25, 0.3) is 0 Å². The largest absolute Gasteiger partial charge is 0.492 e. The fourth-order valence-corrected chi connectivity index (χ4v) is 4.10. The van der Waals surface area contributed by atoms with Crippen LogP contribution in [0.2, 0.25) is 0 Å². The number of hydrogen-bond donors (Lipinski definition) is 0. The minimum Gasteiger partial charge on any atom is -0.492 e. The highest BCUT2D eigenvalue weighted by atomic mass is 79.9. The molecule has 0 saturated carbocycles. The quantitative estimate of drug-likeness (QED) is 0.816. The van der Waals surface area contributed by atoms with E-state index in [-0.39, 0.29) is 4.90 Å². The summed E-state index contributed by atoms with van der Waals surface area (Å²) < 4.78 is 33.1. The number of fused-ring (bicyclic) bond motifs is 1. The molecule has 1 aromatic heterocycles. The summed E-state index contributed by atoms with van der Waals surface area (Å²) in [7, 11) is -3.59. The molecule has 0 atom stereocenters. The van der Waals surface area contributed by atoms with Crippen LogP contribution in [0.1, 0.15) is 5.56 Å². The van der Waals surface area contributed by atoms with Crippen LogP contribution in [0.15, 0.2) is 52.1 Å². The summed E-state index contributed by atoms with van der Waals surface area (Å²) in [6.45, 7) is 0.937. The molecule has 0 spiro atoms. The van der Waals surface area contributed by atoms with Crippen LogP contribution in [0.3, 0.4) is 0 Å². The molecule has 21 heavy (non-hydrogen) atoms. The number of halogens is 1. The van der Waals surface area contributed by atoms with Crippen molar-refractivity contribution in [3.05, 3.63) is 52.8 Å². The molecule has 0 unspecified atom stereocenters. The molecule has 2 heterocycles. The lowest BCUT2D eigenvalue weighted by Gasteiger charge is -2.19. The molecule has 7 heteroatoms. The van der Waals surface area contributed by atoms with E-state index in [0.717, 1.165) is 11.3 Å². The van der Waals surface area contributed by atoms with E-state index in [0.29, 0.717) is 24.2 Å². The molecule has 110 valence electrons. The molecule has 1 aliphatic heterocycles. The Labute approximate surface area is 131 Å². The smallest absolute Gasteiger partial charge is 0.245 e. The van der Waals surface area contributed by atoms with Gasteiger partial charge in [-0.2, -0.15) is 4.31 Å². The predicted molar refractivity (Wildman–Crippen MR) is 81.5 cm³/mol. The molecule has 1 aliphatic rings. The summed E-state index contributed by atoms with van der Waals surface area (Å²) in [6, 6.07) is 9.04. The van der Waals surface area contributed by atoms with Gasteiger partial charge in [-0.25, -0.2) is 8.42 Å². The minimum atomic E-state index is -3.59. The van der Waals surface area contributed by atoms with Gasteiger partial charge in [0.1, 0.15) is 17.3 Å². The van der Waals surface area contributed by atoms with E-state index in [2.05, 4.69) is 20.9 Å². The van der Waals surface area contributed by atoms with E-state index < -0.39 is 10.0 Å². The topological polar surface area (TPSA) is 59.5 Å². The van der Waals surface area contributed by atoms with Gasteiger partial charge in [0.2, 0.25) is 10.0 Å². The maximum Gasteiger partial charge on any atom is 0.245 e. The average Bonchev–Trinajstić information content (AvgIpc) is 2.70. The molecule has 3 rings (SSSR count). The van der Waals surface area contributed by atoms with Crippen LogP contribution in [-0.2, 0) is 16.6 Å². The number of benzene rings is 1. The van der Waals surface area contributed by atoms with Crippen molar-refractivity contribution in [3.63, 3.8) is 0 Å². The second-order valence-electron chi connectivity index (χ2n) is 4.63. The zero-order valence-electron chi connectivity index (χ0n) is 11.1. The van der Waals surface area contributed by atoms with Crippen molar-refractivity contribution in [2.45, 2.75) is 11.4 Å². The fraction of sp³-hybridized carbons (Fsp3) is 0.214. The Morgan fingerprint density at radius 1 is 1.24 bits per heavy atom. The first-order valence-corrected chi connectivity index (χ1v) is 8.62. The van der Waals surface area contributed by atoms with Gasteiger partial charge in [0, 0.05) is 35.5 Å². The first kappa shape index (κ1) is 14.5. The maximum absolute atomic E-state index is 12.7. The molecule has 0 bridgehead atoms. The number of aromatic nitrogens is 1. The lowest BCUT2D eigenvalue weighted by molar-refractivity contribution is 0.293. The summed E-state index contributed by atoms with van der Waals surface area (Å²) >= 11 is 3.25.